The number of nitrogens with zero attached hydrogens (tertiary/aromatic N) is 2. The molecule has 2 heterocycles. The highest BCUT2D eigenvalue weighted by atomic mass is 16.5. The largest absolute Gasteiger partial charge is 0.492 e. The fourth-order valence-corrected chi connectivity index (χ4v) is 3.73. The molecule has 0 fully saturated rings. The Labute approximate surface area is 147 Å². The summed E-state index contributed by atoms with van der Waals surface area (Å²) in [7, 11) is 0. The summed E-state index contributed by atoms with van der Waals surface area (Å²) in [6, 6.07) is 7.92. The molecule has 5 nitrogen and oxygen atoms in total. The molecule has 25 heavy (non-hydrogen) atoms. The van der Waals surface area contributed by atoms with Gasteiger partial charge in [-0.1, -0.05) is 18.2 Å². The van der Waals surface area contributed by atoms with Gasteiger partial charge in [0.2, 0.25) is 5.91 Å². The lowest BCUT2D eigenvalue weighted by atomic mass is 9.96. The minimum absolute atomic E-state index is 0.0485. The Morgan fingerprint density at radius 3 is 3.08 bits per heavy atom. The highest BCUT2D eigenvalue weighted by Crippen LogP contribution is 2.27. The molecule has 0 radical (unpaired) electrons. The van der Waals surface area contributed by atoms with Crippen molar-refractivity contribution in [2.24, 2.45) is 5.92 Å². The van der Waals surface area contributed by atoms with Gasteiger partial charge in [0.05, 0.1) is 5.92 Å². The number of hydrogen-bond donors (Lipinski definition) is 1. The van der Waals surface area contributed by atoms with Crippen LogP contribution in [0.3, 0.4) is 0 Å². The van der Waals surface area contributed by atoms with Crippen molar-refractivity contribution in [3.8, 4) is 5.75 Å². The summed E-state index contributed by atoms with van der Waals surface area (Å²) in [6.07, 6.45) is 4.73. The number of nitrogens with one attached hydrogen (secondary N) is 1. The van der Waals surface area contributed by atoms with Crippen LogP contribution in [0.1, 0.15) is 34.8 Å². The number of aromatic nitrogens is 2. The van der Waals surface area contributed by atoms with Crippen molar-refractivity contribution in [3.05, 3.63) is 52.6 Å². The van der Waals surface area contributed by atoms with Gasteiger partial charge in [0.15, 0.2) is 0 Å². The molecule has 1 aliphatic carbocycles. The fourth-order valence-electron chi connectivity index (χ4n) is 3.73. The van der Waals surface area contributed by atoms with Crippen molar-refractivity contribution in [3.63, 3.8) is 0 Å². The van der Waals surface area contributed by atoms with Crippen molar-refractivity contribution < 1.29 is 9.53 Å². The Morgan fingerprint density at radius 1 is 1.28 bits per heavy atom. The van der Waals surface area contributed by atoms with Crippen LogP contribution >= 0.6 is 0 Å². The number of carbonyl (C=O) groups is 1. The summed E-state index contributed by atoms with van der Waals surface area (Å²) in [5.41, 5.74) is 4.73. The van der Waals surface area contributed by atoms with E-state index < -0.39 is 0 Å². The molecule has 2 aromatic rings. The first-order valence-corrected chi connectivity index (χ1v) is 9.04. The average Bonchev–Trinajstić information content (AvgIpc) is 3.10. The van der Waals surface area contributed by atoms with Gasteiger partial charge in [-0.25, -0.2) is 9.97 Å². The zero-order valence-electron chi connectivity index (χ0n) is 14.5. The van der Waals surface area contributed by atoms with Crippen LogP contribution in [0.15, 0.2) is 24.3 Å². The van der Waals surface area contributed by atoms with Crippen molar-refractivity contribution in [1.82, 2.24) is 15.3 Å². The molecule has 5 heteroatoms. The molecule has 1 aliphatic heterocycles. The molecule has 2 aliphatic rings. The molecule has 1 amide bonds. The summed E-state index contributed by atoms with van der Waals surface area (Å²) < 4.78 is 5.70. The second kappa shape index (κ2) is 6.82. The molecule has 0 spiro atoms. The third kappa shape index (κ3) is 3.36. The van der Waals surface area contributed by atoms with Crippen LogP contribution in [0, 0.1) is 12.8 Å². The first-order chi connectivity index (χ1) is 12.2. The lowest BCUT2D eigenvalue weighted by molar-refractivity contribution is -0.126. The van der Waals surface area contributed by atoms with Crippen LogP contribution in [-0.2, 0) is 30.5 Å². The molecule has 0 unspecified atom stereocenters. The van der Waals surface area contributed by atoms with E-state index in [-0.39, 0.29) is 11.8 Å². The van der Waals surface area contributed by atoms with Crippen molar-refractivity contribution in [1.29, 1.82) is 0 Å². The second-order valence-electron chi connectivity index (χ2n) is 6.86. The lowest BCUT2D eigenvalue weighted by Crippen LogP contribution is -2.38. The molecular formula is C20H23N3O2. The smallest absolute Gasteiger partial charge is 0.226 e. The van der Waals surface area contributed by atoms with Gasteiger partial charge in [0.1, 0.15) is 18.2 Å². The van der Waals surface area contributed by atoms with Gasteiger partial charge in [0.25, 0.3) is 0 Å². The minimum atomic E-state index is -0.127. The molecular weight excluding hydrogens is 314 g/mol. The predicted octanol–water partition coefficient (Wildman–Crippen LogP) is 2.18. The predicted molar refractivity (Wildman–Crippen MR) is 94.6 cm³/mol. The van der Waals surface area contributed by atoms with Gasteiger partial charge in [-0.05, 0) is 49.8 Å². The number of aryl methyl sites for hydroxylation is 2. The highest BCUT2D eigenvalue weighted by Gasteiger charge is 2.25. The summed E-state index contributed by atoms with van der Waals surface area (Å²) in [5, 5.41) is 3.02. The van der Waals surface area contributed by atoms with E-state index in [9.17, 15) is 4.79 Å². The Hall–Kier alpha value is -2.43. The third-order valence-electron chi connectivity index (χ3n) is 5.08. The average molecular weight is 337 g/mol. The molecule has 1 aromatic heterocycles. The van der Waals surface area contributed by atoms with Crippen LogP contribution in [0.25, 0.3) is 0 Å². The Balaban J connectivity index is 1.32. The van der Waals surface area contributed by atoms with E-state index in [0.29, 0.717) is 19.6 Å². The fraction of sp³-hybridized carbons (Fsp3) is 0.450. The Morgan fingerprint density at radius 2 is 2.16 bits per heavy atom. The van der Waals surface area contributed by atoms with Crippen molar-refractivity contribution in [2.75, 3.05) is 13.2 Å². The maximum absolute atomic E-state index is 12.4. The zero-order chi connectivity index (χ0) is 17.2. The standard InChI is InChI=1S/C20H23N3O2/c1-13-16-6-4-7-17(16)23-19(22-13)9-10-21-20(24)15-11-14-5-2-3-8-18(14)25-12-15/h2-3,5,8,15H,4,6-7,9-12H2,1H3,(H,21,24)/t15-/m0/s1. The van der Waals surface area contributed by atoms with Crippen LogP contribution in [0.4, 0.5) is 0 Å². The van der Waals surface area contributed by atoms with E-state index >= 15 is 0 Å². The normalized spacial score (nSPS) is 18.2. The first-order valence-electron chi connectivity index (χ1n) is 9.04. The van der Waals surface area contributed by atoms with Gasteiger partial charge in [0, 0.05) is 24.4 Å². The van der Waals surface area contributed by atoms with Crippen LogP contribution in [0.2, 0.25) is 0 Å². The number of carbonyl (C=O) groups excluding carboxylic acids is 1. The summed E-state index contributed by atoms with van der Waals surface area (Å²) >= 11 is 0. The second-order valence-corrected chi connectivity index (χ2v) is 6.86. The van der Waals surface area contributed by atoms with E-state index in [1.807, 2.05) is 24.3 Å². The van der Waals surface area contributed by atoms with E-state index in [1.165, 1.54) is 17.7 Å². The number of benzene rings is 1. The zero-order valence-corrected chi connectivity index (χ0v) is 14.5. The monoisotopic (exact) mass is 337 g/mol. The van der Waals surface area contributed by atoms with Crippen LogP contribution in [-0.4, -0.2) is 29.0 Å². The van der Waals surface area contributed by atoms with E-state index in [4.69, 9.17) is 4.74 Å². The van der Waals surface area contributed by atoms with Crippen molar-refractivity contribution >= 4 is 5.91 Å². The highest BCUT2D eigenvalue weighted by molar-refractivity contribution is 5.79. The molecule has 0 saturated heterocycles. The lowest BCUT2D eigenvalue weighted by Gasteiger charge is -2.24. The third-order valence-corrected chi connectivity index (χ3v) is 5.08. The maximum Gasteiger partial charge on any atom is 0.226 e. The first kappa shape index (κ1) is 16.1. The Bertz CT molecular complexity index is 804. The van der Waals surface area contributed by atoms with Crippen LogP contribution < -0.4 is 10.1 Å². The van der Waals surface area contributed by atoms with E-state index in [0.717, 1.165) is 42.1 Å². The number of rotatable bonds is 4. The molecule has 0 bridgehead atoms. The van der Waals surface area contributed by atoms with Gasteiger partial charge in [-0.3, -0.25) is 4.79 Å². The Kier molecular flexibility index (Phi) is 4.38. The topological polar surface area (TPSA) is 64.1 Å². The van der Waals surface area contributed by atoms with Gasteiger partial charge in [-0.2, -0.15) is 0 Å². The van der Waals surface area contributed by atoms with Crippen LogP contribution in [0.5, 0.6) is 5.75 Å². The van der Waals surface area contributed by atoms with Gasteiger partial charge < -0.3 is 10.1 Å². The van der Waals surface area contributed by atoms with E-state index in [1.54, 1.807) is 0 Å². The molecule has 1 N–H and O–H groups in total. The summed E-state index contributed by atoms with van der Waals surface area (Å²) in [5.74, 6) is 1.65. The number of hydrogen-bond acceptors (Lipinski definition) is 4. The number of para-hydroxylation sites is 1. The van der Waals surface area contributed by atoms with E-state index in [2.05, 4.69) is 22.2 Å². The minimum Gasteiger partial charge on any atom is -0.492 e. The number of amides is 1. The summed E-state index contributed by atoms with van der Waals surface area (Å²) in [4.78, 5) is 21.7. The quantitative estimate of drug-likeness (QED) is 0.929. The number of ether oxygens (including phenoxy) is 1. The molecule has 0 saturated carbocycles. The SMILES string of the molecule is Cc1nc(CCNC(=O)[C@@H]2COc3ccccc3C2)nc2c1CCC2. The van der Waals surface area contributed by atoms with Gasteiger partial charge >= 0.3 is 0 Å². The molecule has 130 valence electrons. The maximum atomic E-state index is 12.4. The molecule has 4 rings (SSSR count). The van der Waals surface area contributed by atoms with Crippen molar-refractivity contribution in [2.45, 2.75) is 39.0 Å². The molecule has 1 aromatic carbocycles. The molecule has 1 atom stereocenters. The number of fused-ring (bicyclic) bond motifs is 2. The van der Waals surface area contributed by atoms with Gasteiger partial charge in [-0.15, -0.1) is 0 Å². The summed E-state index contributed by atoms with van der Waals surface area (Å²) in [6.45, 7) is 3.07.